The number of rotatable bonds is 5. The molecular formula is C16H17FN2O2. The molecule has 1 N–H and O–H groups in total. The SMILES string of the molecule is Cc1ncccc1C(=O)N(CCO)Cc1ccc(F)cc1. The van der Waals surface area contributed by atoms with Crippen molar-refractivity contribution in [3.63, 3.8) is 0 Å². The molecule has 0 spiro atoms. The molecule has 2 aromatic rings. The van der Waals surface area contributed by atoms with Crippen LogP contribution in [-0.2, 0) is 6.54 Å². The molecule has 1 heterocycles. The van der Waals surface area contributed by atoms with Crippen molar-refractivity contribution in [1.82, 2.24) is 9.88 Å². The lowest BCUT2D eigenvalue weighted by Gasteiger charge is -2.22. The van der Waals surface area contributed by atoms with Gasteiger partial charge in [0.25, 0.3) is 5.91 Å². The lowest BCUT2D eigenvalue weighted by atomic mass is 10.1. The highest BCUT2D eigenvalue weighted by Gasteiger charge is 2.17. The van der Waals surface area contributed by atoms with E-state index in [4.69, 9.17) is 5.11 Å². The Morgan fingerprint density at radius 2 is 2.00 bits per heavy atom. The van der Waals surface area contributed by atoms with Crippen molar-refractivity contribution in [1.29, 1.82) is 0 Å². The number of aromatic nitrogens is 1. The lowest BCUT2D eigenvalue weighted by molar-refractivity contribution is 0.0706. The summed E-state index contributed by atoms with van der Waals surface area (Å²) in [6.45, 7) is 2.16. The molecule has 0 saturated heterocycles. The van der Waals surface area contributed by atoms with Gasteiger partial charge in [-0.1, -0.05) is 12.1 Å². The van der Waals surface area contributed by atoms with Crippen LogP contribution in [0.15, 0.2) is 42.6 Å². The standard InChI is InChI=1S/C16H17FN2O2/c1-12-15(3-2-8-18-12)16(21)19(9-10-20)11-13-4-6-14(17)7-5-13/h2-8,20H,9-11H2,1H3. The molecule has 1 aromatic heterocycles. The summed E-state index contributed by atoms with van der Waals surface area (Å²) in [4.78, 5) is 18.2. The zero-order valence-corrected chi connectivity index (χ0v) is 11.8. The van der Waals surface area contributed by atoms with Crippen molar-refractivity contribution in [3.05, 3.63) is 65.2 Å². The highest BCUT2D eigenvalue weighted by Crippen LogP contribution is 2.12. The molecule has 4 nitrogen and oxygen atoms in total. The van der Waals surface area contributed by atoms with Crippen LogP contribution in [0.1, 0.15) is 21.6 Å². The number of aliphatic hydroxyl groups excluding tert-OH is 1. The van der Waals surface area contributed by atoms with E-state index in [9.17, 15) is 9.18 Å². The molecule has 2 rings (SSSR count). The fourth-order valence-corrected chi connectivity index (χ4v) is 2.06. The fourth-order valence-electron chi connectivity index (χ4n) is 2.06. The first-order valence-electron chi connectivity index (χ1n) is 6.68. The molecule has 1 aromatic carbocycles. The summed E-state index contributed by atoms with van der Waals surface area (Å²) in [5, 5.41) is 9.15. The Bertz CT molecular complexity index is 614. The van der Waals surface area contributed by atoms with Gasteiger partial charge in [0.15, 0.2) is 0 Å². The molecule has 0 unspecified atom stereocenters. The van der Waals surface area contributed by atoms with E-state index in [0.29, 0.717) is 17.8 Å². The summed E-state index contributed by atoms with van der Waals surface area (Å²) in [6.07, 6.45) is 1.63. The summed E-state index contributed by atoms with van der Waals surface area (Å²) < 4.78 is 12.9. The third kappa shape index (κ3) is 3.86. The first kappa shape index (κ1) is 15.1. The highest BCUT2D eigenvalue weighted by molar-refractivity contribution is 5.95. The van der Waals surface area contributed by atoms with Gasteiger partial charge in [0.1, 0.15) is 5.82 Å². The largest absolute Gasteiger partial charge is 0.395 e. The van der Waals surface area contributed by atoms with Crippen LogP contribution < -0.4 is 0 Å². The summed E-state index contributed by atoms with van der Waals surface area (Å²) in [5.41, 5.74) is 1.96. The number of hydrogen-bond acceptors (Lipinski definition) is 3. The van der Waals surface area contributed by atoms with Gasteiger partial charge in [-0.15, -0.1) is 0 Å². The Balaban J connectivity index is 2.20. The van der Waals surface area contributed by atoms with Gasteiger partial charge in [-0.3, -0.25) is 9.78 Å². The van der Waals surface area contributed by atoms with E-state index >= 15 is 0 Å². The number of carbonyl (C=O) groups excluding carboxylic acids is 1. The van der Waals surface area contributed by atoms with E-state index in [1.54, 1.807) is 37.4 Å². The molecule has 0 fully saturated rings. The van der Waals surface area contributed by atoms with Crippen molar-refractivity contribution in [2.75, 3.05) is 13.2 Å². The summed E-state index contributed by atoms with van der Waals surface area (Å²) in [6, 6.07) is 9.37. The maximum absolute atomic E-state index is 12.9. The van der Waals surface area contributed by atoms with E-state index in [1.165, 1.54) is 17.0 Å². The zero-order chi connectivity index (χ0) is 15.2. The molecule has 0 aliphatic heterocycles. The highest BCUT2D eigenvalue weighted by atomic mass is 19.1. The predicted molar refractivity (Wildman–Crippen MR) is 77.2 cm³/mol. The Kier molecular flexibility index (Phi) is 5.00. The number of amides is 1. The van der Waals surface area contributed by atoms with E-state index in [0.717, 1.165) is 5.56 Å². The zero-order valence-electron chi connectivity index (χ0n) is 11.8. The van der Waals surface area contributed by atoms with Gasteiger partial charge in [0.2, 0.25) is 0 Å². The van der Waals surface area contributed by atoms with Crippen molar-refractivity contribution in [2.24, 2.45) is 0 Å². The molecule has 0 aliphatic rings. The van der Waals surface area contributed by atoms with Crippen LogP contribution in [0.25, 0.3) is 0 Å². The van der Waals surface area contributed by atoms with Gasteiger partial charge in [-0.25, -0.2) is 4.39 Å². The minimum absolute atomic E-state index is 0.133. The molecule has 0 atom stereocenters. The number of aliphatic hydroxyl groups is 1. The summed E-state index contributed by atoms with van der Waals surface area (Å²) in [5.74, 6) is -0.513. The van der Waals surface area contributed by atoms with Crippen molar-refractivity contribution < 1.29 is 14.3 Å². The van der Waals surface area contributed by atoms with Crippen LogP contribution in [0.4, 0.5) is 4.39 Å². The number of pyridine rings is 1. The molecule has 1 amide bonds. The van der Waals surface area contributed by atoms with E-state index in [-0.39, 0.29) is 24.9 Å². The smallest absolute Gasteiger partial charge is 0.256 e. The van der Waals surface area contributed by atoms with Crippen molar-refractivity contribution in [2.45, 2.75) is 13.5 Å². The number of carbonyl (C=O) groups is 1. The maximum atomic E-state index is 12.9. The van der Waals surface area contributed by atoms with E-state index in [2.05, 4.69) is 4.98 Å². The molecule has 5 heteroatoms. The van der Waals surface area contributed by atoms with Crippen molar-refractivity contribution >= 4 is 5.91 Å². The van der Waals surface area contributed by atoms with E-state index < -0.39 is 0 Å². The van der Waals surface area contributed by atoms with Crippen LogP contribution in [0.3, 0.4) is 0 Å². The van der Waals surface area contributed by atoms with Gasteiger partial charge in [0, 0.05) is 25.0 Å². The Hall–Kier alpha value is -2.27. The molecule has 0 aliphatic carbocycles. The minimum Gasteiger partial charge on any atom is -0.395 e. The minimum atomic E-state index is -0.318. The fraction of sp³-hybridized carbons (Fsp3) is 0.250. The van der Waals surface area contributed by atoms with Crippen LogP contribution in [0.2, 0.25) is 0 Å². The molecule has 0 bridgehead atoms. The average molecular weight is 288 g/mol. The maximum Gasteiger partial charge on any atom is 0.256 e. The van der Waals surface area contributed by atoms with Gasteiger partial charge in [-0.05, 0) is 36.8 Å². The molecule has 110 valence electrons. The number of halogens is 1. The molecule has 0 radical (unpaired) electrons. The van der Waals surface area contributed by atoms with Gasteiger partial charge in [0.05, 0.1) is 12.2 Å². The van der Waals surface area contributed by atoms with Gasteiger partial charge >= 0.3 is 0 Å². The average Bonchev–Trinajstić information content (AvgIpc) is 2.49. The van der Waals surface area contributed by atoms with Crippen LogP contribution >= 0.6 is 0 Å². The van der Waals surface area contributed by atoms with Gasteiger partial charge in [-0.2, -0.15) is 0 Å². The number of nitrogens with zero attached hydrogens (tertiary/aromatic N) is 2. The third-order valence-electron chi connectivity index (χ3n) is 3.18. The predicted octanol–water partition coefficient (Wildman–Crippen LogP) is 2.16. The lowest BCUT2D eigenvalue weighted by Crippen LogP contribution is -2.33. The molecule has 21 heavy (non-hydrogen) atoms. The van der Waals surface area contributed by atoms with Crippen LogP contribution in [0.5, 0.6) is 0 Å². The topological polar surface area (TPSA) is 53.4 Å². The Morgan fingerprint density at radius 1 is 1.29 bits per heavy atom. The summed E-state index contributed by atoms with van der Waals surface area (Å²) in [7, 11) is 0. The molecule has 0 saturated carbocycles. The normalized spacial score (nSPS) is 10.4. The first-order chi connectivity index (χ1) is 10.1. The van der Waals surface area contributed by atoms with Crippen LogP contribution in [-0.4, -0.2) is 34.0 Å². The number of hydrogen-bond donors (Lipinski definition) is 1. The first-order valence-corrected chi connectivity index (χ1v) is 6.68. The quantitative estimate of drug-likeness (QED) is 0.917. The van der Waals surface area contributed by atoms with Crippen molar-refractivity contribution in [3.8, 4) is 0 Å². The third-order valence-corrected chi connectivity index (χ3v) is 3.18. The number of benzene rings is 1. The number of aryl methyl sites for hydroxylation is 1. The van der Waals surface area contributed by atoms with Crippen LogP contribution in [0, 0.1) is 12.7 Å². The Morgan fingerprint density at radius 3 is 2.62 bits per heavy atom. The second kappa shape index (κ2) is 6.95. The molecular weight excluding hydrogens is 271 g/mol. The second-order valence-corrected chi connectivity index (χ2v) is 4.71. The monoisotopic (exact) mass is 288 g/mol. The second-order valence-electron chi connectivity index (χ2n) is 4.71. The van der Waals surface area contributed by atoms with E-state index in [1.807, 2.05) is 0 Å². The summed E-state index contributed by atoms with van der Waals surface area (Å²) >= 11 is 0. The Labute approximate surface area is 122 Å². The van der Waals surface area contributed by atoms with Gasteiger partial charge < -0.3 is 10.0 Å².